The van der Waals surface area contributed by atoms with E-state index in [-0.39, 0.29) is 5.56 Å². The Morgan fingerprint density at radius 3 is 2.45 bits per heavy atom. The number of methoxy groups -OCH3 is 1. The second-order valence-corrected chi connectivity index (χ2v) is 4.66. The zero-order valence-corrected chi connectivity index (χ0v) is 11.9. The number of benzene rings is 2. The largest absolute Gasteiger partial charge is 0.494 e. The first-order chi connectivity index (χ1) is 10.7. The molecule has 3 rings (SSSR count). The lowest BCUT2D eigenvalue weighted by atomic mass is 10.1. The maximum absolute atomic E-state index is 11.5. The third kappa shape index (κ3) is 2.33. The molecule has 3 aromatic rings. The van der Waals surface area contributed by atoms with Crippen LogP contribution >= 0.6 is 0 Å². The summed E-state index contributed by atoms with van der Waals surface area (Å²) in [7, 11) is 1.57. The van der Waals surface area contributed by atoms with Gasteiger partial charge in [-0.05, 0) is 12.1 Å². The van der Waals surface area contributed by atoms with E-state index in [2.05, 4.69) is 5.10 Å². The van der Waals surface area contributed by atoms with Gasteiger partial charge in [-0.25, -0.2) is 9.48 Å². The summed E-state index contributed by atoms with van der Waals surface area (Å²) >= 11 is 0. The van der Waals surface area contributed by atoms with Gasteiger partial charge in [0.1, 0.15) is 17.0 Å². The van der Waals surface area contributed by atoms with Crippen LogP contribution in [0.1, 0.15) is 10.4 Å². The number of carbonyl (C=O) groups is 1. The molecule has 110 valence electrons. The second-order valence-electron chi connectivity index (χ2n) is 4.66. The van der Waals surface area contributed by atoms with Crippen LogP contribution in [-0.4, -0.2) is 28.0 Å². The maximum Gasteiger partial charge on any atom is 0.339 e. The molecule has 0 aliphatic rings. The van der Waals surface area contributed by atoms with Crippen LogP contribution in [0.2, 0.25) is 0 Å². The number of aromatic nitrogens is 2. The molecule has 0 saturated carbocycles. The summed E-state index contributed by atoms with van der Waals surface area (Å²) in [5.41, 5.74) is 2.15. The summed E-state index contributed by atoms with van der Waals surface area (Å²) in [6.07, 6.45) is 1.36. The Balaban J connectivity index is 2.28. The average Bonchev–Trinajstić information content (AvgIpc) is 3.00. The highest BCUT2D eigenvalue weighted by atomic mass is 16.5. The van der Waals surface area contributed by atoms with Gasteiger partial charge in [-0.1, -0.05) is 42.5 Å². The number of hydrogen-bond donors (Lipinski definition) is 1. The minimum atomic E-state index is -1.01. The molecular weight excluding hydrogens is 280 g/mol. The Morgan fingerprint density at radius 1 is 1.09 bits per heavy atom. The van der Waals surface area contributed by atoms with Gasteiger partial charge in [0, 0.05) is 5.56 Å². The third-order valence-corrected chi connectivity index (χ3v) is 3.36. The van der Waals surface area contributed by atoms with Gasteiger partial charge >= 0.3 is 5.97 Å². The van der Waals surface area contributed by atoms with Crippen molar-refractivity contribution in [2.24, 2.45) is 0 Å². The molecule has 0 spiro atoms. The summed E-state index contributed by atoms with van der Waals surface area (Å²) in [6, 6.07) is 16.7. The van der Waals surface area contributed by atoms with Crippen LogP contribution in [0.3, 0.4) is 0 Å². The number of ether oxygens (including phenoxy) is 1. The molecule has 1 heterocycles. The van der Waals surface area contributed by atoms with E-state index in [1.165, 1.54) is 6.20 Å². The summed E-state index contributed by atoms with van der Waals surface area (Å²) in [6.45, 7) is 0. The number of nitrogens with zero attached hydrogens (tertiary/aromatic N) is 2. The number of para-hydroxylation sites is 2. The van der Waals surface area contributed by atoms with Crippen LogP contribution in [0.4, 0.5) is 0 Å². The Labute approximate surface area is 127 Å². The first kappa shape index (κ1) is 13.9. The number of hydrogen-bond acceptors (Lipinski definition) is 3. The third-order valence-electron chi connectivity index (χ3n) is 3.36. The lowest BCUT2D eigenvalue weighted by molar-refractivity contribution is 0.0697. The molecule has 0 bridgehead atoms. The molecule has 0 amide bonds. The smallest absolute Gasteiger partial charge is 0.339 e. The number of rotatable bonds is 4. The minimum Gasteiger partial charge on any atom is -0.494 e. The van der Waals surface area contributed by atoms with Gasteiger partial charge in [0.05, 0.1) is 19.0 Å². The first-order valence-corrected chi connectivity index (χ1v) is 6.72. The van der Waals surface area contributed by atoms with Crippen molar-refractivity contribution in [3.05, 3.63) is 66.4 Å². The van der Waals surface area contributed by atoms with E-state index >= 15 is 0 Å². The second kappa shape index (κ2) is 5.73. The van der Waals surface area contributed by atoms with E-state index in [4.69, 9.17) is 4.74 Å². The first-order valence-electron chi connectivity index (χ1n) is 6.72. The van der Waals surface area contributed by atoms with Crippen molar-refractivity contribution in [2.45, 2.75) is 0 Å². The van der Waals surface area contributed by atoms with Crippen LogP contribution < -0.4 is 4.74 Å². The summed E-state index contributed by atoms with van der Waals surface area (Å²) in [5, 5.41) is 13.7. The van der Waals surface area contributed by atoms with Crippen molar-refractivity contribution < 1.29 is 14.6 Å². The van der Waals surface area contributed by atoms with E-state index < -0.39 is 5.97 Å². The molecule has 0 fully saturated rings. The molecule has 1 N–H and O–H groups in total. The molecule has 0 atom stereocenters. The topological polar surface area (TPSA) is 64.4 Å². The lowest BCUT2D eigenvalue weighted by Crippen LogP contribution is -2.04. The van der Waals surface area contributed by atoms with Gasteiger partial charge in [-0.15, -0.1) is 0 Å². The fourth-order valence-corrected chi connectivity index (χ4v) is 2.37. The molecule has 2 aromatic carbocycles. The van der Waals surface area contributed by atoms with Gasteiger partial charge in [-0.3, -0.25) is 0 Å². The van der Waals surface area contributed by atoms with Crippen LogP contribution in [0.5, 0.6) is 5.75 Å². The average molecular weight is 294 g/mol. The van der Waals surface area contributed by atoms with Crippen molar-refractivity contribution in [3.8, 4) is 22.7 Å². The van der Waals surface area contributed by atoms with Crippen molar-refractivity contribution in [2.75, 3.05) is 7.11 Å². The van der Waals surface area contributed by atoms with Crippen LogP contribution in [0, 0.1) is 0 Å². The van der Waals surface area contributed by atoms with Gasteiger partial charge in [0.25, 0.3) is 0 Å². The van der Waals surface area contributed by atoms with E-state index in [1.807, 2.05) is 54.6 Å². The highest BCUT2D eigenvalue weighted by Gasteiger charge is 2.20. The predicted octanol–water partition coefficient (Wildman–Crippen LogP) is 3.25. The Kier molecular flexibility index (Phi) is 3.62. The van der Waals surface area contributed by atoms with Crippen molar-refractivity contribution in [1.82, 2.24) is 9.78 Å². The quantitative estimate of drug-likeness (QED) is 0.802. The highest BCUT2D eigenvalue weighted by Crippen LogP contribution is 2.30. The van der Waals surface area contributed by atoms with Crippen LogP contribution in [-0.2, 0) is 0 Å². The van der Waals surface area contributed by atoms with Gasteiger partial charge in [0.15, 0.2) is 0 Å². The van der Waals surface area contributed by atoms with Gasteiger partial charge in [-0.2, -0.15) is 5.10 Å². The summed E-state index contributed by atoms with van der Waals surface area (Å²) in [4.78, 5) is 11.5. The molecule has 0 saturated heterocycles. The highest BCUT2D eigenvalue weighted by molar-refractivity contribution is 5.95. The Hall–Kier alpha value is -3.08. The Bertz CT molecular complexity index is 810. The van der Waals surface area contributed by atoms with Crippen molar-refractivity contribution in [3.63, 3.8) is 0 Å². The van der Waals surface area contributed by atoms with Gasteiger partial charge < -0.3 is 9.84 Å². The van der Waals surface area contributed by atoms with Crippen LogP contribution in [0.15, 0.2) is 60.8 Å². The number of aromatic carboxylic acids is 1. The minimum absolute atomic E-state index is 0.150. The normalized spacial score (nSPS) is 10.4. The Morgan fingerprint density at radius 2 is 1.77 bits per heavy atom. The number of carboxylic acids is 1. The maximum atomic E-state index is 11.5. The van der Waals surface area contributed by atoms with Crippen LogP contribution in [0.25, 0.3) is 16.9 Å². The molecule has 0 aliphatic heterocycles. The van der Waals surface area contributed by atoms with Gasteiger partial charge in [0.2, 0.25) is 0 Å². The monoisotopic (exact) mass is 294 g/mol. The summed E-state index contributed by atoms with van der Waals surface area (Å²) < 4.78 is 6.95. The molecular formula is C17H14N2O3. The zero-order valence-electron chi connectivity index (χ0n) is 11.9. The molecule has 1 aromatic heterocycles. The molecule has 0 radical (unpaired) electrons. The predicted molar refractivity (Wildman–Crippen MR) is 82.5 cm³/mol. The lowest BCUT2D eigenvalue weighted by Gasteiger charge is -2.12. The zero-order chi connectivity index (χ0) is 15.5. The molecule has 0 unspecified atom stereocenters. The molecule has 0 aliphatic carbocycles. The van der Waals surface area contributed by atoms with E-state index in [0.717, 1.165) is 5.56 Å². The van der Waals surface area contributed by atoms with E-state index in [0.29, 0.717) is 17.1 Å². The molecule has 5 nitrogen and oxygen atoms in total. The number of carboxylic acid groups (broad SMARTS) is 1. The molecule has 22 heavy (non-hydrogen) atoms. The summed E-state index contributed by atoms with van der Waals surface area (Å²) in [5.74, 6) is -0.389. The molecule has 5 heteroatoms. The fraction of sp³-hybridized carbons (Fsp3) is 0.0588. The van der Waals surface area contributed by atoms with E-state index in [1.54, 1.807) is 11.8 Å². The SMILES string of the molecule is COc1ccccc1-n1ncc(C(=O)O)c1-c1ccccc1. The van der Waals surface area contributed by atoms with E-state index in [9.17, 15) is 9.90 Å². The fourth-order valence-electron chi connectivity index (χ4n) is 2.37. The van der Waals surface area contributed by atoms with Crippen molar-refractivity contribution in [1.29, 1.82) is 0 Å². The van der Waals surface area contributed by atoms with Crippen molar-refractivity contribution >= 4 is 5.97 Å². The standard InChI is InChI=1S/C17H14N2O3/c1-22-15-10-6-5-9-14(15)19-16(12-7-3-2-4-8-12)13(11-18-19)17(20)21/h2-11H,1H3,(H,20,21).